The van der Waals surface area contributed by atoms with Crippen molar-refractivity contribution in [3.63, 3.8) is 0 Å². The highest BCUT2D eigenvalue weighted by atomic mass is 16.5. The molecular formula is C21H31N3O2. The summed E-state index contributed by atoms with van der Waals surface area (Å²) in [5.74, 6) is 1.41. The second-order valence-electron chi connectivity index (χ2n) is 8.27. The van der Waals surface area contributed by atoms with Crippen molar-refractivity contribution < 1.29 is 9.53 Å². The highest BCUT2D eigenvalue weighted by Gasteiger charge is 2.34. The molecule has 2 heterocycles. The van der Waals surface area contributed by atoms with Crippen molar-refractivity contribution in [1.29, 1.82) is 0 Å². The summed E-state index contributed by atoms with van der Waals surface area (Å²) in [6.45, 7) is 2.97. The van der Waals surface area contributed by atoms with Gasteiger partial charge in [0.05, 0.1) is 25.2 Å². The summed E-state index contributed by atoms with van der Waals surface area (Å²) in [4.78, 5) is 19.6. The van der Waals surface area contributed by atoms with E-state index in [9.17, 15) is 4.79 Å². The molecule has 142 valence electrons. The topological polar surface area (TPSA) is 47.4 Å². The number of nitrogens with zero attached hydrogens (tertiary/aromatic N) is 3. The normalized spacial score (nSPS) is 26.3. The molecule has 1 saturated carbocycles. The van der Waals surface area contributed by atoms with Crippen molar-refractivity contribution in [3.05, 3.63) is 29.9 Å². The standard InChI is InChI=1S/C21H31N3O2/c1-23-15-22-19-12-24(21(25)17-9-3-2-4-10-17)11-18(20(19)23)14-26-13-16-7-5-6-8-16/h2-3,15-18H,4-14H2,1H3/t17-,18+/m1/s1. The summed E-state index contributed by atoms with van der Waals surface area (Å²) in [6.07, 6.45) is 14.4. The molecule has 1 aromatic rings. The first-order chi connectivity index (χ1) is 12.7. The third-order valence-corrected chi connectivity index (χ3v) is 6.31. The van der Waals surface area contributed by atoms with Crippen LogP contribution >= 0.6 is 0 Å². The summed E-state index contributed by atoms with van der Waals surface area (Å²) in [7, 11) is 2.05. The van der Waals surface area contributed by atoms with Crippen LogP contribution < -0.4 is 0 Å². The average Bonchev–Trinajstić information content (AvgIpc) is 3.32. The molecule has 1 aliphatic heterocycles. The minimum atomic E-state index is 0.144. The number of hydrogen-bond acceptors (Lipinski definition) is 3. The lowest BCUT2D eigenvalue weighted by Gasteiger charge is -2.35. The fraction of sp³-hybridized carbons (Fsp3) is 0.714. The number of hydrogen-bond donors (Lipinski definition) is 0. The van der Waals surface area contributed by atoms with Gasteiger partial charge in [0.15, 0.2) is 0 Å². The van der Waals surface area contributed by atoms with Crippen LogP contribution in [-0.4, -0.2) is 40.1 Å². The molecule has 0 unspecified atom stereocenters. The number of amides is 1. The second kappa shape index (κ2) is 7.95. The van der Waals surface area contributed by atoms with Gasteiger partial charge in [0.25, 0.3) is 0 Å². The second-order valence-corrected chi connectivity index (χ2v) is 8.27. The smallest absolute Gasteiger partial charge is 0.226 e. The van der Waals surface area contributed by atoms with Gasteiger partial charge in [-0.05, 0) is 38.0 Å². The van der Waals surface area contributed by atoms with E-state index in [1.54, 1.807) is 0 Å². The molecule has 1 fully saturated rings. The van der Waals surface area contributed by atoms with Gasteiger partial charge >= 0.3 is 0 Å². The zero-order valence-electron chi connectivity index (χ0n) is 15.9. The lowest BCUT2D eigenvalue weighted by Crippen LogP contribution is -2.43. The zero-order chi connectivity index (χ0) is 17.9. The summed E-state index contributed by atoms with van der Waals surface area (Å²) < 4.78 is 8.24. The number of allylic oxidation sites excluding steroid dienone is 2. The summed E-state index contributed by atoms with van der Waals surface area (Å²) >= 11 is 0. The maximum atomic E-state index is 13.0. The minimum Gasteiger partial charge on any atom is -0.380 e. The molecule has 0 saturated heterocycles. The third kappa shape index (κ3) is 3.73. The minimum absolute atomic E-state index is 0.144. The van der Waals surface area contributed by atoms with E-state index in [1.807, 2.05) is 11.2 Å². The monoisotopic (exact) mass is 357 g/mol. The third-order valence-electron chi connectivity index (χ3n) is 6.31. The molecule has 26 heavy (non-hydrogen) atoms. The van der Waals surface area contributed by atoms with Gasteiger partial charge in [-0.2, -0.15) is 0 Å². The Labute approximate surface area is 156 Å². The van der Waals surface area contributed by atoms with E-state index in [0.717, 1.165) is 44.0 Å². The van der Waals surface area contributed by atoms with Crippen LogP contribution in [0.2, 0.25) is 0 Å². The first-order valence-corrected chi connectivity index (χ1v) is 10.2. The quantitative estimate of drug-likeness (QED) is 0.759. The molecule has 0 N–H and O–H groups in total. The molecular weight excluding hydrogens is 326 g/mol. The zero-order valence-corrected chi connectivity index (χ0v) is 15.9. The van der Waals surface area contributed by atoms with Gasteiger partial charge in [-0.25, -0.2) is 4.98 Å². The molecule has 1 aromatic heterocycles. The van der Waals surface area contributed by atoms with E-state index in [4.69, 9.17) is 4.74 Å². The van der Waals surface area contributed by atoms with E-state index >= 15 is 0 Å². The summed E-state index contributed by atoms with van der Waals surface area (Å²) in [5.41, 5.74) is 2.30. The van der Waals surface area contributed by atoms with Crippen molar-refractivity contribution in [2.24, 2.45) is 18.9 Å². The van der Waals surface area contributed by atoms with E-state index in [1.165, 1.54) is 31.4 Å². The molecule has 4 rings (SSSR count). The number of aromatic nitrogens is 2. The molecule has 0 bridgehead atoms. The number of ether oxygens (including phenoxy) is 1. The van der Waals surface area contributed by atoms with Crippen LogP contribution in [-0.2, 0) is 23.1 Å². The van der Waals surface area contributed by atoms with E-state index in [0.29, 0.717) is 19.1 Å². The molecule has 5 heteroatoms. The maximum Gasteiger partial charge on any atom is 0.226 e. The van der Waals surface area contributed by atoms with Crippen molar-refractivity contribution in [1.82, 2.24) is 14.5 Å². The van der Waals surface area contributed by atoms with Crippen molar-refractivity contribution >= 4 is 5.91 Å². The molecule has 0 radical (unpaired) electrons. The Kier molecular flexibility index (Phi) is 5.44. The molecule has 0 spiro atoms. The lowest BCUT2D eigenvalue weighted by atomic mass is 9.91. The first kappa shape index (κ1) is 17.8. The first-order valence-electron chi connectivity index (χ1n) is 10.2. The van der Waals surface area contributed by atoms with Crippen LogP contribution in [0.15, 0.2) is 18.5 Å². The fourth-order valence-corrected chi connectivity index (χ4v) is 4.86. The van der Waals surface area contributed by atoms with Gasteiger partial charge in [-0.3, -0.25) is 4.79 Å². The van der Waals surface area contributed by atoms with Crippen molar-refractivity contribution in [2.45, 2.75) is 57.4 Å². The Morgan fingerprint density at radius 3 is 2.85 bits per heavy atom. The van der Waals surface area contributed by atoms with E-state index < -0.39 is 0 Å². The Hall–Kier alpha value is -1.62. The number of fused-ring (bicyclic) bond motifs is 1. The fourth-order valence-electron chi connectivity index (χ4n) is 4.86. The average molecular weight is 357 g/mol. The Morgan fingerprint density at radius 1 is 1.23 bits per heavy atom. The van der Waals surface area contributed by atoms with Crippen molar-refractivity contribution in [2.75, 3.05) is 19.8 Å². The molecule has 2 aliphatic carbocycles. The van der Waals surface area contributed by atoms with Crippen molar-refractivity contribution in [3.8, 4) is 0 Å². The molecule has 2 atom stereocenters. The predicted molar refractivity (Wildman–Crippen MR) is 101 cm³/mol. The number of carbonyl (C=O) groups excluding carboxylic acids is 1. The van der Waals surface area contributed by atoms with Crippen LogP contribution in [0.4, 0.5) is 0 Å². The van der Waals surface area contributed by atoms with Crippen LogP contribution in [0.5, 0.6) is 0 Å². The Balaban J connectivity index is 1.42. The molecule has 0 aromatic carbocycles. The lowest BCUT2D eigenvalue weighted by molar-refractivity contribution is -0.137. The SMILES string of the molecule is Cn1cnc2c1[C@H](COCC1CCCC1)CN(C(=O)[C@@H]1CC=CCC1)C2. The number of imidazole rings is 1. The highest BCUT2D eigenvalue weighted by molar-refractivity contribution is 5.79. The molecule has 5 nitrogen and oxygen atoms in total. The van der Waals surface area contributed by atoms with Gasteiger partial charge in [0.2, 0.25) is 5.91 Å². The maximum absolute atomic E-state index is 13.0. The van der Waals surface area contributed by atoms with E-state index in [2.05, 4.69) is 28.8 Å². The summed E-state index contributed by atoms with van der Waals surface area (Å²) in [5, 5.41) is 0. The van der Waals surface area contributed by atoms with Gasteiger partial charge in [-0.15, -0.1) is 0 Å². The number of carbonyl (C=O) groups is 1. The van der Waals surface area contributed by atoms with Crippen LogP contribution in [0.25, 0.3) is 0 Å². The van der Waals surface area contributed by atoms with Gasteiger partial charge in [-0.1, -0.05) is 25.0 Å². The molecule has 3 aliphatic rings. The largest absolute Gasteiger partial charge is 0.380 e. The Bertz CT molecular complexity index is 660. The van der Waals surface area contributed by atoms with Crippen LogP contribution in [0, 0.1) is 11.8 Å². The molecule has 1 amide bonds. The van der Waals surface area contributed by atoms with Gasteiger partial charge < -0.3 is 14.2 Å². The number of aryl methyl sites for hydroxylation is 1. The Morgan fingerprint density at radius 2 is 2.08 bits per heavy atom. The summed E-state index contributed by atoms with van der Waals surface area (Å²) in [6, 6.07) is 0. The van der Waals surface area contributed by atoms with Gasteiger partial charge in [0, 0.05) is 37.7 Å². The highest BCUT2D eigenvalue weighted by Crippen LogP contribution is 2.31. The van der Waals surface area contributed by atoms with Crippen LogP contribution in [0.1, 0.15) is 62.3 Å². The van der Waals surface area contributed by atoms with E-state index in [-0.39, 0.29) is 11.8 Å². The van der Waals surface area contributed by atoms with Gasteiger partial charge in [0.1, 0.15) is 0 Å². The van der Waals surface area contributed by atoms with Crippen LogP contribution in [0.3, 0.4) is 0 Å². The number of rotatable bonds is 5. The predicted octanol–water partition coefficient (Wildman–Crippen LogP) is 3.41.